The van der Waals surface area contributed by atoms with Crippen LogP contribution >= 0.6 is 0 Å². The average Bonchev–Trinajstić information content (AvgIpc) is 3.21. The van der Waals surface area contributed by atoms with E-state index in [2.05, 4.69) is 194 Å². The summed E-state index contributed by atoms with van der Waals surface area (Å²) in [5.74, 6) is 0. The van der Waals surface area contributed by atoms with E-state index in [9.17, 15) is 0 Å². The molecular formula is C49H34I4+4. The summed E-state index contributed by atoms with van der Waals surface area (Å²) >= 11 is -0.890. The molecule has 0 radical (unpaired) electrons. The van der Waals surface area contributed by atoms with Crippen LogP contribution in [-0.2, 0) is 6.42 Å². The minimum atomic E-state index is -0.230. The molecule has 0 unspecified atom stereocenters. The maximum Gasteiger partial charge on any atom is 0.357 e. The van der Waals surface area contributed by atoms with Crippen LogP contribution in [0.4, 0.5) is 0 Å². The molecule has 30 rings (SSSR count). The zero-order valence-electron chi connectivity index (χ0n) is 28.7. The monoisotopic (exact) mass is 1130 g/mol. The Kier molecular flexibility index (Phi) is 11.1. The van der Waals surface area contributed by atoms with Gasteiger partial charge in [0.1, 0.15) is 0 Å². The van der Waals surface area contributed by atoms with Gasteiger partial charge in [-0.3, -0.25) is 0 Å². The SMILES string of the molecule is c1cc2ccc1Cc1ccc(cc1)[I+]c1ccc(cc1)-c1ccc(cc1)[I+]c1ccc(cc1)-c1ccc(cc1)[I+]c1ccc(cc1)-c1ccc(cc1)[I+]2. The van der Waals surface area contributed by atoms with Crippen molar-refractivity contribution in [2.45, 2.75) is 6.42 Å². The van der Waals surface area contributed by atoms with Crippen LogP contribution in [0.5, 0.6) is 0 Å². The smallest absolute Gasteiger partial charge is 0.0542 e. The molecule has 0 aromatic heterocycles. The predicted molar refractivity (Wildman–Crippen MR) is 201 cm³/mol. The number of hydrogen-bond donors (Lipinski definition) is 0. The molecule has 0 fully saturated rings. The van der Waals surface area contributed by atoms with Crippen molar-refractivity contribution in [3.63, 3.8) is 0 Å². The highest BCUT2D eigenvalue weighted by Crippen LogP contribution is 2.20. The lowest BCUT2D eigenvalue weighted by atomic mass is 10.1. The normalized spacial score (nSPS) is 12.5. The van der Waals surface area contributed by atoms with Crippen molar-refractivity contribution < 1.29 is 84.8 Å². The molecule has 53 heavy (non-hydrogen) atoms. The van der Waals surface area contributed by atoms with Crippen molar-refractivity contribution in [1.82, 2.24) is 0 Å². The van der Waals surface area contributed by atoms with Crippen LogP contribution in [0.1, 0.15) is 11.1 Å². The summed E-state index contributed by atoms with van der Waals surface area (Å²) < 4.78 is 11.6. The van der Waals surface area contributed by atoms with Gasteiger partial charge in [-0.15, -0.1) is 0 Å². The number of rotatable bonds is 0. The van der Waals surface area contributed by atoms with Gasteiger partial charge in [-0.05, 0) is 221 Å². The van der Waals surface area contributed by atoms with E-state index in [-0.39, 0.29) is 84.8 Å². The van der Waals surface area contributed by atoms with Gasteiger partial charge < -0.3 is 0 Å². The minimum Gasteiger partial charge on any atom is -0.0542 e. The maximum absolute atomic E-state index is 2.34. The number of halogens is 4. The lowest BCUT2D eigenvalue weighted by Crippen LogP contribution is -3.61. The molecule has 0 saturated heterocycles. The third-order valence-corrected chi connectivity index (χ3v) is 19.9. The van der Waals surface area contributed by atoms with E-state index in [0.717, 1.165) is 6.42 Å². The highest BCUT2D eigenvalue weighted by Gasteiger charge is 2.20. The summed E-state index contributed by atoms with van der Waals surface area (Å²) in [5.41, 5.74) is 10.5. The van der Waals surface area contributed by atoms with Gasteiger partial charge in [-0.1, -0.05) is 24.3 Å². The van der Waals surface area contributed by atoms with Gasteiger partial charge in [0, 0.05) is 0 Å². The van der Waals surface area contributed by atoms with Crippen LogP contribution in [0.2, 0.25) is 0 Å². The molecule has 22 aliphatic heterocycles. The first-order valence-electron chi connectivity index (χ1n) is 17.5. The average molecular weight is 1130 g/mol. The van der Waals surface area contributed by atoms with Gasteiger partial charge >= 0.3 is 84.8 Å². The van der Waals surface area contributed by atoms with Crippen molar-refractivity contribution in [2.24, 2.45) is 0 Å². The van der Waals surface area contributed by atoms with Gasteiger partial charge in [0.05, 0.1) is 0 Å². The Morgan fingerprint density at radius 3 is 0.509 bits per heavy atom. The molecule has 8 aromatic rings. The molecule has 4 heteroatoms. The zero-order valence-corrected chi connectivity index (χ0v) is 37.3. The number of hydrogen-bond acceptors (Lipinski definition) is 0. The second kappa shape index (κ2) is 16.6. The summed E-state index contributed by atoms with van der Waals surface area (Å²) in [6.07, 6.45) is 0.973. The summed E-state index contributed by atoms with van der Waals surface area (Å²) in [4.78, 5) is 0. The maximum atomic E-state index is 2.34. The first kappa shape index (κ1) is 35.4. The standard InChI is InChI=1S/C49H34I4/c1-17-42-18-2-34(1)33-35-3-19-43(20-4-35)51-45-23-7-37(8-24-45)39-11-27-47(28-12-39)53-49-31-15-41(16-32-49)40-13-29-48(30-14-40)52-46-25-9-38(10-26-46)36-5-21-44(50-42)22-6-36/h1-32H,33H2/q+4. The Labute approximate surface area is 354 Å². The van der Waals surface area contributed by atoms with Crippen LogP contribution < -0.4 is 84.8 Å². The molecular weight excluding hydrogens is 1100 g/mol. The van der Waals surface area contributed by atoms with Crippen LogP contribution in [0.25, 0.3) is 33.4 Å². The third-order valence-electron chi connectivity index (χ3n) is 9.17. The van der Waals surface area contributed by atoms with E-state index in [1.807, 2.05) is 0 Å². The predicted octanol–water partition coefficient (Wildman–Crippen LogP) is -0.895. The Hall–Kier alpha value is -3.32. The van der Waals surface area contributed by atoms with Crippen LogP contribution in [0, 0.1) is 28.6 Å². The van der Waals surface area contributed by atoms with E-state index in [4.69, 9.17) is 0 Å². The molecule has 0 aliphatic carbocycles. The molecule has 0 N–H and O–H groups in total. The molecule has 254 valence electrons. The van der Waals surface area contributed by atoms with Gasteiger partial charge in [0.15, 0.2) is 28.6 Å². The van der Waals surface area contributed by atoms with Crippen molar-refractivity contribution in [1.29, 1.82) is 0 Å². The van der Waals surface area contributed by atoms with E-state index in [1.54, 1.807) is 0 Å². The minimum absolute atomic E-state index is 0.215. The molecule has 0 amide bonds. The van der Waals surface area contributed by atoms with Crippen LogP contribution in [0.3, 0.4) is 0 Å². The second-order valence-corrected chi connectivity index (χ2v) is 25.0. The van der Waals surface area contributed by atoms with Crippen LogP contribution in [-0.4, -0.2) is 0 Å². The Bertz CT molecular complexity index is 2250. The Balaban J connectivity index is 0.966. The van der Waals surface area contributed by atoms with E-state index in [0.29, 0.717) is 0 Å². The fourth-order valence-corrected chi connectivity index (χ4v) is 14.9. The van der Waals surface area contributed by atoms with Gasteiger partial charge in [-0.2, -0.15) is 0 Å². The summed E-state index contributed by atoms with van der Waals surface area (Å²) in [6, 6.07) is 74.2. The van der Waals surface area contributed by atoms with Crippen LogP contribution in [0.15, 0.2) is 194 Å². The van der Waals surface area contributed by atoms with E-state index in [1.165, 1.54) is 73.1 Å². The Morgan fingerprint density at radius 1 is 0.189 bits per heavy atom. The van der Waals surface area contributed by atoms with Crippen molar-refractivity contribution in [3.05, 3.63) is 234 Å². The van der Waals surface area contributed by atoms with Crippen molar-refractivity contribution in [3.8, 4) is 33.4 Å². The molecule has 22 heterocycles. The van der Waals surface area contributed by atoms with Gasteiger partial charge in [0.25, 0.3) is 0 Å². The molecule has 8 aromatic carbocycles. The molecule has 0 atom stereocenters. The lowest BCUT2D eigenvalue weighted by Gasteiger charge is -2.02. The fourth-order valence-electron chi connectivity index (χ4n) is 6.30. The van der Waals surface area contributed by atoms with Gasteiger partial charge in [-0.25, -0.2) is 0 Å². The third kappa shape index (κ3) is 8.98. The Morgan fingerprint density at radius 2 is 0.340 bits per heavy atom. The first-order chi connectivity index (χ1) is 26.1. The molecule has 0 nitrogen and oxygen atoms in total. The van der Waals surface area contributed by atoms with E-state index >= 15 is 0 Å². The largest absolute Gasteiger partial charge is 0.357 e. The summed E-state index contributed by atoms with van der Waals surface area (Å²) in [6.45, 7) is 0. The summed E-state index contributed by atoms with van der Waals surface area (Å²) in [5, 5.41) is 0. The van der Waals surface area contributed by atoms with Crippen molar-refractivity contribution >= 4 is 0 Å². The summed E-state index contributed by atoms with van der Waals surface area (Å²) in [7, 11) is 0. The fraction of sp³-hybridized carbons (Fsp3) is 0.0204. The quantitative estimate of drug-likeness (QED) is 0.173. The molecule has 0 spiro atoms. The molecule has 16 bridgehead atoms. The second-order valence-electron chi connectivity index (χ2n) is 12.8. The first-order valence-corrected chi connectivity index (χ1v) is 26.2. The highest BCUT2D eigenvalue weighted by atomic mass is 127. The zero-order chi connectivity index (χ0) is 35.4. The lowest BCUT2D eigenvalue weighted by molar-refractivity contribution is -0.597. The van der Waals surface area contributed by atoms with Crippen molar-refractivity contribution in [2.75, 3.05) is 0 Å². The topological polar surface area (TPSA) is 0 Å². The highest BCUT2D eigenvalue weighted by molar-refractivity contribution is 5.64. The van der Waals surface area contributed by atoms with E-state index < -0.39 is 0 Å². The number of benzene rings is 8. The molecule has 22 aliphatic rings. The molecule has 0 saturated carbocycles. The van der Waals surface area contributed by atoms with Gasteiger partial charge in [0.2, 0.25) is 0 Å².